The molecule has 4 aromatic rings. The lowest BCUT2D eigenvalue weighted by Gasteiger charge is -2.12. The zero-order valence-electron chi connectivity index (χ0n) is 17.1. The number of tetrazole rings is 1. The van der Waals surface area contributed by atoms with Crippen molar-refractivity contribution < 1.29 is 27.0 Å². The summed E-state index contributed by atoms with van der Waals surface area (Å²) in [5.41, 5.74) is -0.374. The molecular weight excluding hydrogens is 462 g/mol. The number of H-pyrrole nitrogens is 1. The molecule has 0 aliphatic heterocycles. The summed E-state index contributed by atoms with van der Waals surface area (Å²) in [5, 5.41) is 15.9. The molecule has 34 heavy (non-hydrogen) atoms. The molecule has 2 heterocycles. The van der Waals surface area contributed by atoms with Crippen molar-refractivity contribution in [3.63, 3.8) is 0 Å². The first-order valence-electron chi connectivity index (χ1n) is 9.64. The summed E-state index contributed by atoms with van der Waals surface area (Å²) in [4.78, 5) is 16.7. The number of nitrogens with zero attached hydrogens (tertiary/aromatic N) is 5. The highest BCUT2D eigenvalue weighted by Crippen LogP contribution is 2.27. The molecule has 0 aliphatic rings. The van der Waals surface area contributed by atoms with Gasteiger partial charge in [-0.1, -0.05) is 5.21 Å². The number of halogens is 4. The third-order valence-electron chi connectivity index (χ3n) is 4.37. The Kier molecular flexibility index (Phi) is 6.38. The summed E-state index contributed by atoms with van der Waals surface area (Å²) in [7, 11) is 0. The fraction of sp³-hybridized carbons (Fsp3) is 0.150. The van der Waals surface area contributed by atoms with Crippen LogP contribution in [0.2, 0.25) is 0 Å². The molecule has 0 saturated heterocycles. The number of benzene rings is 2. The van der Waals surface area contributed by atoms with Crippen LogP contribution in [0.3, 0.4) is 0 Å². The van der Waals surface area contributed by atoms with E-state index in [2.05, 4.69) is 35.7 Å². The number of hydrogen-bond acceptors (Lipinski definition) is 8. The zero-order chi connectivity index (χ0) is 24.1. The smallest absolute Gasteiger partial charge is 0.493 e. The Morgan fingerprint density at radius 3 is 2.53 bits per heavy atom. The summed E-state index contributed by atoms with van der Waals surface area (Å²) in [6, 6.07) is 9.06. The maximum absolute atomic E-state index is 14.2. The van der Waals surface area contributed by atoms with Crippen LogP contribution in [-0.2, 0) is 6.42 Å². The molecule has 14 heteroatoms. The van der Waals surface area contributed by atoms with Crippen LogP contribution in [0.25, 0.3) is 5.69 Å². The van der Waals surface area contributed by atoms with E-state index in [4.69, 9.17) is 4.74 Å². The Labute approximate surface area is 188 Å². The monoisotopic (exact) mass is 477 g/mol. The maximum Gasteiger partial charge on any atom is 0.573 e. The first-order chi connectivity index (χ1) is 16.3. The van der Waals surface area contributed by atoms with Crippen molar-refractivity contribution >= 4 is 11.5 Å². The average molecular weight is 477 g/mol. The first kappa shape index (κ1) is 22.7. The van der Waals surface area contributed by atoms with Crippen molar-refractivity contribution in [1.29, 1.82) is 0 Å². The zero-order valence-corrected chi connectivity index (χ0v) is 17.1. The molecule has 0 bridgehead atoms. The van der Waals surface area contributed by atoms with Gasteiger partial charge in [0, 0.05) is 30.6 Å². The predicted molar refractivity (Wildman–Crippen MR) is 110 cm³/mol. The summed E-state index contributed by atoms with van der Waals surface area (Å²) < 4.78 is 61.6. The van der Waals surface area contributed by atoms with Gasteiger partial charge in [-0.05, 0) is 36.4 Å². The number of nitrogens with one attached hydrogen (secondary N) is 2. The van der Waals surface area contributed by atoms with Gasteiger partial charge in [-0.2, -0.15) is 5.21 Å². The Bertz CT molecular complexity index is 1310. The third kappa shape index (κ3) is 5.65. The quantitative estimate of drug-likeness (QED) is 0.372. The van der Waals surface area contributed by atoms with Gasteiger partial charge >= 0.3 is 6.36 Å². The van der Waals surface area contributed by atoms with Gasteiger partial charge in [0.15, 0.2) is 11.6 Å². The second-order valence-electron chi connectivity index (χ2n) is 6.69. The maximum atomic E-state index is 14.2. The van der Waals surface area contributed by atoms with E-state index < -0.39 is 23.5 Å². The van der Waals surface area contributed by atoms with E-state index in [1.54, 1.807) is 24.3 Å². The Morgan fingerprint density at radius 1 is 1.09 bits per heavy atom. The fourth-order valence-electron chi connectivity index (χ4n) is 2.87. The van der Waals surface area contributed by atoms with Gasteiger partial charge in [-0.15, -0.1) is 23.4 Å². The number of aromatic amines is 1. The van der Waals surface area contributed by atoms with Crippen molar-refractivity contribution in [2.45, 2.75) is 12.8 Å². The van der Waals surface area contributed by atoms with Gasteiger partial charge in [0.1, 0.15) is 17.3 Å². The molecule has 2 aromatic carbocycles. The Hall–Kier alpha value is -4.49. The van der Waals surface area contributed by atoms with Crippen molar-refractivity contribution in [1.82, 2.24) is 30.2 Å². The minimum Gasteiger partial charge on any atom is -0.493 e. The Morgan fingerprint density at radius 2 is 1.85 bits per heavy atom. The summed E-state index contributed by atoms with van der Waals surface area (Å²) in [6.45, 7) is 0.320. The topological polar surface area (TPSA) is 120 Å². The molecule has 0 radical (unpaired) electrons. The highest BCUT2D eigenvalue weighted by Gasteiger charge is 2.31. The van der Waals surface area contributed by atoms with Crippen LogP contribution in [0, 0.1) is 5.82 Å². The Balaban J connectivity index is 1.46. The molecule has 0 unspecified atom stereocenters. The molecule has 176 valence electrons. The summed E-state index contributed by atoms with van der Waals surface area (Å²) >= 11 is 0. The van der Waals surface area contributed by atoms with E-state index in [0.29, 0.717) is 36.4 Å². The molecule has 0 fully saturated rings. The summed E-state index contributed by atoms with van der Waals surface area (Å²) in [5.74, 6) is -0.949. The number of ether oxygens (including phenoxy) is 2. The molecule has 0 saturated carbocycles. The molecular formula is C20H15F4N7O3. The van der Waals surface area contributed by atoms with Gasteiger partial charge in [0.05, 0.1) is 12.3 Å². The van der Waals surface area contributed by atoms with Crippen molar-refractivity contribution in [2.24, 2.45) is 0 Å². The first-order valence-corrected chi connectivity index (χ1v) is 9.64. The third-order valence-corrected chi connectivity index (χ3v) is 4.37. The van der Waals surface area contributed by atoms with Crippen LogP contribution in [0.1, 0.15) is 5.82 Å². The summed E-state index contributed by atoms with van der Waals surface area (Å²) in [6.07, 6.45) is -1.77. The van der Waals surface area contributed by atoms with Gasteiger partial charge in [-0.3, -0.25) is 9.36 Å². The average Bonchev–Trinajstić information content (AvgIpc) is 3.30. The lowest BCUT2D eigenvalue weighted by Crippen LogP contribution is -2.22. The van der Waals surface area contributed by atoms with Crippen molar-refractivity contribution in [2.75, 3.05) is 11.9 Å². The minimum atomic E-state index is -4.95. The molecule has 2 N–H and O–H groups in total. The molecule has 0 amide bonds. The minimum absolute atomic E-state index is 0.230. The molecule has 2 aromatic heterocycles. The SMILES string of the molecule is O=c1c(Nc2ccc(OC(F)(F)F)cc2F)nccn1-c1ccc(OCCc2nn[nH]n2)cc1. The van der Waals surface area contributed by atoms with Gasteiger partial charge in [-0.25, -0.2) is 9.37 Å². The van der Waals surface area contributed by atoms with Gasteiger partial charge in [0.25, 0.3) is 5.56 Å². The van der Waals surface area contributed by atoms with Crippen LogP contribution in [-0.4, -0.2) is 43.1 Å². The van der Waals surface area contributed by atoms with Crippen molar-refractivity contribution in [3.05, 3.63) is 76.9 Å². The predicted octanol–water partition coefficient (Wildman–Crippen LogP) is 3.15. The number of rotatable bonds is 8. The molecule has 0 atom stereocenters. The highest BCUT2D eigenvalue weighted by atomic mass is 19.4. The largest absolute Gasteiger partial charge is 0.573 e. The standard InChI is InChI=1S/C20H15F4N7O3/c21-15-11-14(34-20(22,23)24)5-6-16(15)26-18-19(32)31(9-8-25-18)12-1-3-13(4-2-12)33-10-7-17-27-29-30-28-17/h1-6,8-9,11H,7,10H2,(H,25,26)(H,27,28,29,30). The number of aromatic nitrogens is 6. The molecule has 0 aliphatic carbocycles. The number of anilines is 2. The van der Waals surface area contributed by atoms with Crippen LogP contribution < -0.4 is 20.3 Å². The molecule has 4 rings (SSSR count). The van der Waals surface area contributed by atoms with Crippen LogP contribution in [0.5, 0.6) is 11.5 Å². The van der Waals surface area contributed by atoms with E-state index in [1.807, 2.05) is 0 Å². The van der Waals surface area contributed by atoms with E-state index in [-0.39, 0.29) is 11.5 Å². The van der Waals surface area contributed by atoms with Crippen molar-refractivity contribution in [3.8, 4) is 17.2 Å². The molecule has 0 spiro atoms. The lowest BCUT2D eigenvalue weighted by molar-refractivity contribution is -0.274. The highest BCUT2D eigenvalue weighted by molar-refractivity contribution is 5.58. The molecule has 10 nitrogen and oxygen atoms in total. The van der Waals surface area contributed by atoms with E-state index in [1.165, 1.54) is 17.0 Å². The van der Waals surface area contributed by atoms with Crippen LogP contribution in [0.4, 0.5) is 29.1 Å². The normalized spacial score (nSPS) is 11.3. The van der Waals surface area contributed by atoms with Crippen LogP contribution >= 0.6 is 0 Å². The number of hydrogen-bond donors (Lipinski definition) is 2. The van der Waals surface area contributed by atoms with Gasteiger partial charge in [0.2, 0.25) is 0 Å². The van der Waals surface area contributed by atoms with E-state index >= 15 is 0 Å². The van der Waals surface area contributed by atoms with E-state index in [0.717, 1.165) is 12.1 Å². The number of alkyl halides is 3. The second-order valence-corrected chi connectivity index (χ2v) is 6.69. The van der Waals surface area contributed by atoms with Crippen LogP contribution in [0.15, 0.2) is 59.7 Å². The second kappa shape index (κ2) is 9.56. The van der Waals surface area contributed by atoms with Gasteiger partial charge < -0.3 is 14.8 Å². The fourth-order valence-corrected chi connectivity index (χ4v) is 2.87. The lowest BCUT2D eigenvalue weighted by atomic mass is 10.2. The van der Waals surface area contributed by atoms with E-state index in [9.17, 15) is 22.4 Å².